The molecule has 1 aliphatic heterocycles. The molecule has 0 radical (unpaired) electrons. The molecule has 0 N–H and O–H groups in total. The first kappa shape index (κ1) is 12.4. The van der Waals surface area contributed by atoms with E-state index in [2.05, 4.69) is 0 Å². The van der Waals surface area contributed by atoms with E-state index in [1.165, 1.54) is 4.90 Å². The van der Waals surface area contributed by atoms with Gasteiger partial charge in [0.2, 0.25) is 0 Å². The molecule has 1 amide bonds. The van der Waals surface area contributed by atoms with Gasteiger partial charge < -0.3 is 14.2 Å². The van der Waals surface area contributed by atoms with Crippen LogP contribution in [0.4, 0.5) is 4.79 Å². The van der Waals surface area contributed by atoms with Crippen LogP contribution in [0.5, 0.6) is 0 Å². The van der Waals surface area contributed by atoms with Gasteiger partial charge in [-0.2, -0.15) is 0 Å². The zero-order valence-electron chi connectivity index (χ0n) is 9.19. The molecule has 1 unspecified atom stereocenters. The van der Waals surface area contributed by atoms with Crippen LogP contribution < -0.4 is 0 Å². The summed E-state index contributed by atoms with van der Waals surface area (Å²) in [5, 5.41) is -0.447. The molecule has 0 aromatic heterocycles. The minimum Gasteiger partial charge on any atom is -0.772 e. The summed E-state index contributed by atoms with van der Waals surface area (Å²) in [6.07, 6.45) is 0.0606. The molecule has 0 aromatic rings. The van der Waals surface area contributed by atoms with Crippen LogP contribution in [-0.4, -0.2) is 43.7 Å². The SMILES string of the molecule is CC(C)(C)OC(=O)N1CC[C@H](S(=O)[O-])C1. The Hall–Kier alpha value is -0.620. The molecule has 2 atom stereocenters. The number of amides is 1. The number of nitrogens with zero attached hydrogens (tertiary/aromatic N) is 1. The highest BCUT2D eigenvalue weighted by Crippen LogP contribution is 2.17. The quantitative estimate of drug-likeness (QED) is 0.631. The molecule has 88 valence electrons. The third kappa shape index (κ3) is 3.79. The lowest BCUT2D eigenvalue weighted by atomic mass is 10.2. The summed E-state index contributed by atoms with van der Waals surface area (Å²) in [5.41, 5.74) is -0.536. The summed E-state index contributed by atoms with van der Waals surface area (Å²) in [4.78, 5) is 13.0. The molecule has 0 spiro atoms. The summed E-state index contributed by atoms with van der Waals surface area (Å²) < 4.78 is 26.5. The largest absolute Gasteiger partial charge is 0.772 e. The Balaban J connectivity index is 2.47. The Kier molecular flexibility index (Phi) is 3.72. The molecule has 1 saturated heterocycles. The van der Waals surface area contributed by atoms with Crippen molar-refractivity contribution < 1.29 is 18.3 Å². The average molecular weight is 234 g/mol. The maximum Gasteiger partial charge on any atom is 0.410 e. The van der Waals surface area contributed by atoms with Gasteiger partial charge >= 0.3 is 6.09 Å². The number of carbonyl (C=O) groups is 1. The topological polar surface area (TPSA) is 69.7 Å². The minimum absolute atomic E-state index is 0.241. The lowest BCUT2D eigenvalue weighted by Gasteiger charge is -2.24. The van der Waals surface area contributed by atoms with Gasteiger partial charge in [0.25, 0.3) is 0 Å². The van der Waals surface area contributed by atoms with Gasteiger partial charge in [-0.25, -0.2) is 4.79 Å². The van der Waals surface area contributed by atoms with Gasteiger partial charge in [0.05, 0.1) is 0 Å². The van der Waals surface area contributed by atoms with E-state index in [0.29, 0.717) is 13.0 Å². The van der Waals surface area contributed by atoms with Crippen LogP contribution in [0.15, 0.2) is 0 Å². The number of hydrogen-bond acceptors (Lipinski definition) is 4. The summed E-state index contributed by atoms with van der Waals surface area (Å²) in [7, 11) is 0. The third-order valence-corrected chi connectivity index (χ3v) is 3.00. The Bertz CT molecular complexity index is 274. The van der Waals surface area contributed by atoms with Crippen molar-refractivity contribution in [1.82, 2.24) is 4.90 Å². The van der Waals surface area contributed by atoms with Crippen LogP contribution in [-0.2, 0) is 15.8 Å². The predicted octanol–water partition coefficient (Wildman–Crippen LogP) is 0.875. The summed E-state index contributed by atoms with van der Waals surface area (Å²) >= 11 is -2.10. The molecule has 0 bridgehead atoms. The van der Waals surface area contributed by atoms with E-state index in [1.54, 1.807) is 20.8 Å². The van der Waals surface area contributed by atoms with E-state index in [1.807, 2.05) is 0 Å². The van der Waals surface area contributed by atoms with Crippen LogP contribution in [0.25, 0.3) is 0 Å². The maximum atomic E-state index is 11.5. The van der Waals surface area contributed by atoms with E-state index in [9.17, 15) is 13.6 Å². The third-order valence-electron chi connectivity index (χ3n) is 2.07. The molecule has 0 aromatic carbocycles. The number of hydrogen-bond donors (Lipinski definition) is 0. The number of likely N-dealkylation sites (tertiary alicyclic amines) is 1. The zero-order chi connectivity index (χ0) is 11.6. The van der Waals surface area contributed by atoms with Crippen LogP contribution in [0, 0.1) is 0 Å². The lowest BCUT2D eigenvalue weighted by Crippen LogP contribution is -2.36. The van der Waals surface area contributed by atoms with Crippen molar-refractivity contribution in [1.29, 1.82) is 0 Å². The second kappa shape index (κ2) is 4.49. The van der Waals surface area contributed by atoms with E-state index < -0.39 is 28.0 Å². The van der Waals surface area contributed by atoms with Crippen LogP contribution >= 0.6 is 0 Å². The first-order valence-electron chi connectivity index (χ1n) is 4.85. The summed E-state index contributed by atoms with van der Waals surface area (Å²) in [5.74, 6) is 0. The summed E-state index contributed by atoms with van der Waals surface area (Å²) in [6.45, 7) is 6.04. The van der Waals surface area contributed by atoms with Crippen molar-refractivity contribution in [2.45, 2.75) is 38.0 Å². The Labute approximate surface area is 92.1 Å². The van der Waals surface area contributed by atoms with E-state index in [-0.39, 0.29) is 6.54 Å². The van der Waals surface area contributed by atoms with Crippen molar-refractivity contribution in [2.24, 2.45) is 0 Å². The lowest BCUT2D eigenvalue weighted by molar-refractivity contribution is 0.0295. The number of carbonyl (C=O) groups excluding carboxylic acids is 1. The Morgan fingerprint density at radius 1 is 1.53 bits per heavy atom. The highest BCUT2D eigenvalue weighted by atomic mass is 32.2. The fourth-order valence-electron chi connectivity index (χ4n) is 1.38. The van der Waals surface area contributed by atoms with Crippen molar-refractivity contribution >= 4 is 17.2 Å². The molecular formula is C9H16NO4S-. The van der Waals surface area contributed by atoms with Gasteiger partial charge in [0.15, 0.2) is 0 Å². The molecule has 1 aliphatic rings. The summed E-state index contributed by atoms with van der Waals surface area (Å²) in [6, 6.07) is 0. The molecule has 1 heterocycles. The van der Waals surface area contributed by atoms with Crippen molar-refractivity contribution in [3.05, 3.63) is 0 Å². The van der Waals surface area contributed by atoms with Crippen LogP contribution in [0.1, 0.15) is 27.2 Å². The molecule has 5 nitrogen and oxygen atoms in total. The molecule has 1 rings (SSSR count). The monoisotopic (exact) mass is 234 g/mol. The van der Waals surface area contributed by atoms with Crippen LogP contribution in [0.2, 0.25) is 0 Å². The normalized spacial score (nSPS) is 24.0. The molecular weight excluding hydrogens is 218 g/mol. The van der Waals surface area contributed by atoms with E-state index in [0.717, 1.165) is 0 Å². The average Bonchev–Trinajstić information content (AvgIpc) is 2.47. The second-order valence-electron chi connectivity index (χ2n) is 4.60. The maximum absolute atomic E-state index is 11.5. The van der Waals surface area contributed by atoms with Gasteiger partial charge in [-0.3, -0.25) is 4.21 Å². The molecule has 1 fully saturated rings. The van der Waals surface area contributed by atoms with Gasteiger partial charge in [0.1, 0.15) is 5.60 Å². The second-order valence-corrected chi connectivity index (χ2v) is 5.79. The fraction of sp³-hybridized carbons (Fsp3) is 0.889. The van der Waals surface area contributed by atoms with Crippen LogP contribution in [0.3, 0.4) is 0 Å². The zero-order valence-corrected chi connectivity index (χ0v) is 10.0. The first-order chi connectivity index (χ1) is 6.79. The molecule has 15 heavy (non-hydrogen) atoms. The van der Waals surface area contributed by atoms with Gasteiger partial charge in [-0.1, -0.05) is 11.1 Å². The Morgan fingerprint density at radius 3 is 2.53 bits per heavy atom. The highest BCUT2D eigenvalue weighted by Gasteiger charge is 2.30. The van der Waals surface area contributed by atoms with Gasteiger partial charge in [-0.15, -0.1) is 0 Å². The molecule has 0 saturated carbocycles. The van der Waals surface area contributed by atoms with E-state index in [4.69, 9.17) is 4.74 Å². The van der Waals surface area contributed by atoms with Crippen molar-refractivity contribution in [2.75, 3.05) is 13.1 Å². The number of ether oxygens (including phenoxy) is 1. The fourth-order valence-corrected chi connectivity index (χ4v) is 1.98. The van der Waals surface area contributed by atoms with E-state index >= 15 is 0 Å². The molecule has 6 heteroatoms. The van der Waals surface area contributed by atoms with Crippen molar-refractivity contribution in [3.63, 3.8) is 0 Å². The molecule has 0 aliphatic carbocycles. The number of rotatable bonds is 1. The van der Waals surface area contributed by atoms with Crippen molar-refractivity contribution in [3.8, 4) is 0 Å². The van der Waals surface area contributed by atoms with Gasteiger partial charge in [-0.05, 0) is 27.2 Å². The standard InChI is InChI=1S/C9H17NO4S/c1-9(2,3)14-8(11)10-5-4-7(6-10)15(12)13/h7H,4-6H2,1-3H3,(H,12,13)/p-1/t7-/m0/s1. The highest BCUT2D eigenvalue weighted by molar-refractivity contribution is 7.79. The predicted molar refractivity (Wildman–Crippen MR) is 55.1 cm³/mol. The van der Waals surface area contributed by atoms with Gasteiger partial charge in [0, 0.05) is 18.3 Å². The smallest absolute Gasteiger partial charge is 0.410 e. The minimum atomic E-state index is -2.10. The Morgan fingerprint density at radius 2 is 2.13 bits per heavy atom. The first-order valence-corrected chi connectivity index (χ1v) is 5.99.